The Morgan fingerprint density at radius 2 is 1.49 bits per heavy atom. The lowest BCUT2D eigenvalue weighted by molar-refractivity contribution is -0.138. The Balaban J connectivity index is 1.06. The van der Waals surface area contributed by atoms with Crippen molar-refractivity contribution in [3.63, 3.8) is 0 Å². The molecular formula is C53H45N3O7. The number of nitrogens with zero attached hydrogens (tertiary/aromatic N) is 2. The molecule has 6 atom stereocenters. The minimum absolute atomic E-state index is 0.00968. The van der Waals surface area contributed by atoms with Gasteiger partial charge in [-0.3, -0.25) is 29.5 Å². The molecule has 3 fully saturated rings. The van der Waals surface area contributed by atoms with E-state index < -0.39 is 46.8 Å². The van der Waals surface area contributed by atoms with Crippen LogP contribution in [-0.2, 0) is 24.6 Å². The number of aromatic hydroxyl groups is 1. The molecule has 6 aromatic carbocycles. The maximum Gasteiger partial charge on any atom is 0.260 e. The predicted molar refractivity (Wildman–Crippen MR) is 242 cm³/mol. The first kappa shape index (κ1) is 39.7. The van der Waals surface area contributed by atoms with E-state index in [4.69, 9.17) is 9.47 Å². The third kappa shape index (κ3) is 6.22. The number of phenols is 1. The second-order valence-electron chi connectivity index (χ2n) is 16.9. The van der Waals surface area contributed by atoms with Gasteiger partial charge in [-0.25, -0.2) is 0 Å². The maximum absolute atomic E-state index is 15.6. The van der Waals surface area contributed by atoms with E-state index in [9.17, 15) is 14.7 Å². The number of carbonyl (C=O) groups is 4. The largest absolute Gasteiger partial charge is 0.507 e. The highest BCUT2D eigenvalue weighted by molar-refractivity contribution is 6.22. The van der Waals surface area contributed by atoms with Crippen molar-refractivity contribution in [2.24, 2.45) is 23.7 Å². The van der Waals surface area contributed by atoms with Crippen LogP contribution in [0.2, 0.25) is 0 Å². The van der Waals surface area contributed by atoms with Crippen LogP contribution >= 0.6 is 0 Å². The number of allylic oxidation sites excluding steroid dienone is 2. The second kappa shape index (κ2) is 15.5. The topological polar surface area (TPSA) is 125 Å². The lowest BCUT2D eigenvalue weighted by Gasteiger charge is -2.50. The van der Waals surface area contributed by atoms with Crippen molar-refractivity contribution in [2.45, 2.75) is 31.1 Å². The fourth-order valence-electron chi connectivity index (χ4n) is 10.7. The molecule has 314 valence electrons. The SMILES string of the molecule is COc1ccc(OC)c(C=Cc2ccc(N3C(=O)C4CC=C5C(CC6C(=O)N(Nc7ccc(C)cc7)C(=O)C6(c6ccccc6)C5c5ccc6ccccc6c5O)C4C3=O)cc2)c1. The van der Waals surface area contributed by atoms with Crippen molar-refractivity contribution in [1.82, 2.24) is 5.01 Å². The number of rotatable bonds is 9. The molecule has 6 aromatic rings. The summed E-state index contributed by atoms with van der Waals surface area (Å²) in [5, 5.41) is 14.9. The summed E-state index contributed by atoms with van der Waals surface area (Å²) in [6, 6.07) is 40.9. The van der Waals surface area contributed by atoms with Crippen molar-refractivity contribution < 1.29 is 33.8 Å². The highest BCUT2D eigenvalue weighted by Crippen LogP contribution is 2.65. The van der Waals surface area contributed by atoms with E-state index in [-0.39, 0.29) is 30.4 Å². The molecule has 0 bridgehead atoms. The Morgan fingerprint density at radius 3 is 2.24 bits per heavy atom. The molecule has 0 radical (unpaired) electrons. The number of ether oxygens (including phenoxy) is 2. The number of hydrazine groups is 1. The first-order valence-electron chi connectivity index (χ1n) is 21.2. The van der Waals surface area contributed by atoms with E-state index in [1.54, 1.807) is 26.4 Å². The van der Waals surface area contributed by atoms with Crippen LogP contribution < -0.4 is 19.8 Å². The molecule has 2 N–H and O–H groups in total. The van der Waals surface area contributed by atoms with Gasteiger partial charge < -0.3 is 14.6 Å². The number of nitrogens with one attached hydrogen (secondary N) is 1. The van der Waals surface area contributed by atoms with Gasteiger partial charge >= 0.3 is 0 Å². The molecule has 4 aliphatic rings. The van der Waals surface area contributed by atoms with Crippen LogP contribution in [0.1, 0.15) is 46.6 Å². The van der Waals surface area contributed by atoms with Crippen LogP contribution in [0.4, 0.5) is 11.4 Å². The normalized spacial score (nSPS) is 24.0. The van der Waals surface area contributed by atoms with Crippen molar-refractivity contribution >= 4 is 57.9 Å². The van der Waals surface area contributed by atoms with Gasteiger partial charge in [-0.2, -0.15) is 5.01 Å². The van der Waals surface area contributed by atoms with Crippen molar-refractivity contribution in [3.05, 3.63) is 173 Å². The molecule has 6 unspecified atom stereocenters. The Bertz CT molecular complexity index is 2890. The summed E-state index contributed by atoms with van der Waals surface area (Å²) >= 11 is 0. The molecule has 2 aliphatic heterocycles. The van der Waals surface area contributed by atoms with Crippen LogP contribution in [-0.4, -0.2) is 48.0 Å². The van der Waals surface area contributed by atoms with Crippen LogP contribution in [0, 0.1) is 30.6 Å². The first-order valence-corrected chi connectivity index (χ1v) is 21.2. The number of methoxy groups -OCH3 is 2. The van der Waals surface area contributed by atoms with Crippen LogP contribution in [0.3, 0.4) is 0 Å². The lowest BCUT2D eigenvalue weighted by Crippen LogP contribution is -2.53. The molecule has 10 nitrogen and oxygen atoms in total. The van der Waals surface area contributed by atoms with Gasteiger partial charge in [0, 0.05) is 22.4 Å². The average Bonchev–Trinajstić information content (AvgIpc) is 3.70. The van der Waals surface area contributed by atoms with E-state index in [1.807, 2.05) is 146 Å². The number of anilines is 2. The summed E-state index contributed by atoms with van der Waals surface area (Å²) in [5.41, 5.74) is 7.26. The summed E-state index contributed by atoms with van der Waals surface area (Å²) in [6.45, 7) is 1.96. The van der Waals surface area contributed by atoms with Crippen LogP contribution in [0.15, 0.2) is 145 Å². The van der Waals surface area contributed by atoms with Gasteiger partial charge in [-0.1, -0.05) is 120 Å². The van der Waals surface area contributed by atoms with Crippen molar-refractivity contribution in [2.75, 3.05) is 24.5 Å². The summed E-state index contributed by atoms with van der Waals surface area (Å²) in [4.78, 5) is 61.4. The molecule has 0 aromatic heterocycles. The summed E-state index contributed by atoms with van der Waals surface area (Å²) < 4.78 is 10.9. The standard InChI is InChI=1S/C53H45N3O7/c1-31-13-20-36(21-14-31)54-56-50(59)44-30-43-40(47(53(44,52(56)61)35-10-5-4-6-11-35)42-25-19-33-9-7-8-12-39(33)48(42)57)26-27-41-46(43)51(60)55(49(41)58)37-22-16-32(17-23-37)15-18-34-29-38(62-2)24-28-45(34)63-3/h4-26,28-29,41,43-44,46-47,54,57H,27,30H2,1-3H3. The quantitative estimate of drug-likeness (QED) is 0.0840. The van der Waals surface area contributed by atoms with E-state index >= 15 is 9.59 Å². The van der Waals surface area contributed by atoms with E-state index in [2.05, 4.69) is 5.43 Å². The van der Waals surface area contributed by atoms with Gasteiger partial charge in [-0.15, -0.1) is 0 Å². The number of hydrogen-bond acceptors (Lipinski definition) is 8. The average molecular weight is 836 g/mol. The second-order valence-corrected chi connectivity index (χ2v) is 16.9. The molecule has 0 spiro atoms. The number of aryl methyl sites for hydroxylation is 1. The predicted octanol–water partition coefficient (Wildman–Crippen LogP) is 9.23. The highest BCUT2D eigenvalue weighted by atomic mass is 16.5. The van der Waals surface area contributed by atoms with E-state index in [0.29, 0.717) is 39.4 Å². The minimum Gasteiger partial charge on any atom is -0.507 e. The van der Waals surface area contributed by atoms with Crippen molar-refractivity contribution in [3.8, 4) is 17.2 Å². The highest BCUT2D eigenvalue weighted by Gasteiger charge is 2.70. The molecular weight excluding hydrogens is 791 g/mol. The number of carbonyl (C=O) groups excluding carboxylic acids is 4. The van der Waals surface area contributed by atoms with Gasteiger partial charge in [0.25, 0.3) is 11.8 Å². The minimum atomic E-state index is -1.51. The van der Waals surface area contributed by atoms with Crippen LogP contribution in [0.25, 0.3) is 22.9 Å². The van der Waals surface area contributed by atoms with Crippen LogP contribution in [0.5, 0.6) is 17.2 Å². The van der Waals surface area contributed by atoms with Crippen molar-refractivity contribution in [1.29, 1.82) is 0 Å². The number of hydrogen-bond donors (Lipinski definition) is 2. The molecule has 2 aliphatic carbocycles. The molecule has 1 saturated carbocycles. The summed E-state index contributed by atoms with van der Waals surface area (Å²) in [5.74, 6) is -3.99. The smallest absolute Gasteiger partial charge is 0.260 e. The molecule has 10 rings (SSSR count). The lowest BCUT2D eigenvalue weighted by atomic mass is 9.49. The number of amides is 4. The number of fused-ring (bicyclic) bond motifs is 5. The molecule has 63 heavy (non-hydrogen) atoms. The monoisotopic (exact) mass is 835 g/mol. The maximum atomic E-state index is 15.6. The fraction of sp³-hybridized carbons (Fsp3) is 0.208. The zero-order valence-corrected chi connectivity index (χ0v) is 35.0. The molecule has 4 amide bonds. The van der Waals surface area contributed by atoms with Gasteiger partial charge in [0.15, 0.2) is 0 Å². The number of benzene rings is 6. The third-order valence-corrected chi connectivity index (χ3v) is 13.7. The van der Waals surface area contributed by atoms with Gasteiger partial charge in [0.1, 0.15) is 17.2 Å². The fourth-order valence-corrected chi connectivity index (χ4v) is 10.7. The zero-order chi connectivity index (χ0) is 43.6. The first-order chi connectivity index (χ1) is 30.6. The summed E-state index contributed by atoms with van der Waals surface area (Å²) in [7, 11) is 3.22. The Hall–Kier alpha value is -7.46. The van der Waals surface area contributed by atoms with E-state index in [1.165, 1.54) is 4.90 Å². The summed E-state index contributed by atoms with van der Waals surface area (Å²) in [6.07, 6.45) is 6.25. The molecule has 2 saturated heterocycles. The van der Waals surface area contributed by atoms with E-state index in [0.717, 1.165) is 32.7 Å². The van der Waals surface area contributed by atoms with Gasteiger partial charge in [0.05, 0.1) is 48.8 Å². The molecule has 2 heterocycles. The Kier molecular flexibility index (Phi) is 9.74. The zero-order valence-electron chi connectivity index (χ0n) is 35.0. The number of imide groups is 2. The van der Waals surface area contributed by atoms with Gasteiger partial charge in [0.2, 0.25) is 11.8 Å². The Labute approximate surface area is 365 Å². The van der Waals surface area contributed by atoms with Gasteiger partial charge in [-0.05, 0) is 84.7 Å². The Morgan fingerprint density at radius 1 is 0.746 bits per heavy atom. The molecule has 10 heteroatoms. The third-order valence-electron chi connectivity index (χ3n) is 13.7. The number of phenolic OH excluding ortho intramolecular Hbond substituents is 1.